The maximum Gasteiger partial charge on any atom is 2.00 e. The van der Waals surface area contributed by atoms with Crippen LogP contribution in [0.4, 0.5) is 0 Å². The van der Waals surface area contributed by atoms with Gasteiger partial charge in [0, 0.05) is 22.2 Å². The Bertz CT molecular complexity index is 2120. The summed E-state index contributed by atoms with van der Waals surface area (Å²) in [4.78, 5) is 55.3. The molecule has 0 unspecified atom stereocenters. The van der Waals surface area contributed by atoms with Gasteiger partial charge in [0.15, 0.2) is 11.6 Å². The molecule has 4 aromatic carbocycles. The third kappa shape index (κ3) is 10.3. The van der Waals surface area contributed by atoms with E-state index in [0.29, 0.717) is 32.9 Å². The third-order valence-corrected chi connectivity index (χ3v) is 9.23. The fraction of sp³-hybridized carbons (Fsp3) is 0.273. The van der Waals surface area contributed by atoms with Gasteiger partial charge in [0.05, 0.1) is 11.1 Å². The van der Waals surface area contributed by atoms with Gasteiger partial charge in [-0.25, -0.2) is 0 Å². The van der Waals surface area contributed by atoms with Crippen LogP contribution in [0.25, 0.3) is 21.8 Å². The summed E-state index contributed by atoms with van der Waals surface area (Å²) in [6.45, 7) is 4.34. The standard InChI is InChI=1S/2C22H23NO3.Ca/c2*1-2-3-4-6-9-15-12-13-18-17(14-15)21(25)19(22(26)23-18)20(24)16-10-7-5-8-11-16;/h2*5,7-8,10-14H,2-4,6,9H2,1H3,(H2,23,25,26);/q;;+2/p-2. The molecule has 0 saturated carbocycles. The van der Waals surface area contributed by atoms with E-state index in [1.54, 1.807) is 84.9 Å². The number of aryl methyl sites for hydroxylation is 2. The fourth-order valence-electron chi connectivity index (χ4n) is 6.32. The normalized spacial score (nSPS) is 10.8. The van der Waals surface area contributed by atoms with Gasteiger partial charge in [-0.05, 0) is 59.7 Å². The first-order chi connectivity index (χ1) is 25.2. The van der Waals surface area contributed by atoms with Gasteiger partial charge < -0.3 is 20.2 Å². The van der Waals surface area contributed by atoms with Crippen molar-refractivity contribution in [2.24, 2.45) is 0 Å². The van der Waals surface area contributed by atoms with Gasteiger partial charge in [-0.3, -0.25) is 19.2 Å². The van der Waals surface area contributed by atoms with Gasteiger partial charge in [0.2, 0.25) is 0 Å². The van der Waals surface area contributed by atoms with Crippen LogP contribution in [0.2, 0.25) is 0 Å². The molecule has 0 spiro atoms. The molecule has 8 nitrogen and oxygen atoms in total. The number of unbranched alkanes of at least 4 members (excludes halogenated alkanes) is 6. The predicted molar refractivity (Wildman–Crippen MR) is 209 cm³/mol. The molecule has 0 aliphatic rings. The molecular weight excluding hydrogens is 693 g/mol. The van der Waals surface area contributed by atoms with Gasteiger partial charge in [-0.1, -0.05) is 149 Å². The second kappa shape index (κ2) is 20.1. The minimum Gasteiger partial charge on any atom is -0.871 e. The van der Waals surface area contributed by atoms with E-state index in [1.165, 1.54) is 25.7 Å². The van der Waals surface area contributed by atoms with Crippen LogP contribution in [0.3, 0.4) is 0 Å². The molecular formula is C44H44CaN2O6. The maximum absolute atomic E-state index is 12.9. The minimum absolute atomic E-state index is 0. The third-order valence-electron chi connectivity index (χ3n) is 9.23. The van der Waals surface area contributed by atoms with Crippen molar-refractivity contribution in [2.45, 2.75) is 78.1 Å². The molecule has 268 valence electrons. The van der Waals surface area contributed by atoms with Crippen molar-refractivity contribution < 1.29 is 19.8 Å². The van der Waals surface area contributed by atoms with E-state index in [-0.39, 0.29) is 48.9 Å². The average molecular weight is 737 g/mol. The largest absolute Gasteiger partial charge is 2.00 e. The van der Waals surface area contributed by atoms with Crippen molar-refractivity contribution >= 4 is 71.1 Å². The Morgan fingerprint density at radius 3 is 1.26 bits per heavy atom. The first-order valence-electron chi connectivity index (χ1n) is 18.1. The zero-order chi connectivity index (χ0) is 37.0. The summed E-state index contributed by atoms with van der Waals surface area (Å²) >= 11 is 0. The number of aromatic nitrogens is 2. The zero-order valence-corrected chi connectivity index (χ0v) is 32.7. The summed E-state index contributed by atoms with van der Waals surface area (Å²) < 4.78 is 0. The smallest absolute Gasteiger partial charge is 0.871 e. The minimum atomic E-state index is -0.632. The zero-order valence-electron chi connectivity index (χ0n) is 30.5. The van der Waals surface area contributed by atoms with E-state index >= 15 is 0 Å². The molecule has 0 bridgehead atoms. The van der Waals surface area contributed by atoms with Gasteiger partial charge in [0.1, 0.15) is 0 Å². The van der Waals surface area contributed by atoms with Crippen LogP contribution >= 0.6 is 0 Å². The fourth-order valence-corrected chi connectivity index (χ4v) is 6.32. The number of carbonyl (C=O) groups is 2. The molecule has 2 aromatic heterocycles. The molecule has 6 aromatic rings. The Labute approximate surface area is 339 Å². The number of nitrogens with one attached hydrogen (secondary N) is 2. The average Bonchev–Trinajstić information content (AvgIpc) is 3.16. The number of hydrogen-bond donors (Lipinski definition) is 2. The van der Waals surface area contributed by atoms with Crippen LogP contribution in [0, 0.1) is 0 Å². The summed E-state index contributed by atoms with van der Waals surface area (Å²) in [5.74, 6) is -2.06. The van der Waals surface area contributed by atoms with Crippen LogP contribution in [-0.4, -0.2) is 59.3 Å². The van der Waals surface area contributed by atoms with Crippen molar-refractivity contribution in [3.8, 4) is 11.5 Å². The van der Waals surface area contributed by atoms with E-state index in [1.807, 2.05) is 12.1 Å². The summed E-state index contributed by atoms with van der Waals surface area (Å²) in [5.41, 5.74) is 1.84. The number of rotatable bonds is 14. The number of aromatic amines is 2. The van der Waals surface area contributed by atoms with E-state index < -0.39 is 34.2 Å². The summed E-state index contributed by atoms with van der Waals surface area (Å²) in [7, 11) is 0. The topological polar surface area (TPSA) is 146 Å². The number of H-pyrrole nitrogens is 2. The van der Waals surface area contributed by atoms with Crippen molar-refractivity contribution in [1.29, 1.82) is 0 Å². The van der Waals surface area contributed by atoms with Crippen LogP contribution in [-0.2, 0) is 12.8 Å². The van der Waals surface area contributed by atoms with Gasteiger partial charge in [0.25, 0.3) is 11.1 Å². The first kappa shape index (κ1) is 41.3. The summed E-state index contributed by atoms with van der Waals surface area (Å²) in [6.07, 6.45) is 11.0. The number of hydrogen-bond acceptors (Lipinski definition) is 6. The van der Waals surface area contributed by atoms with Crippen LogP contribution in [0.1, 0.15) is 108 Å². The molecule has 0 atom stereocenters. The number of fused-ring (bicyclic) bond motifs is 2. The maximum atomic E-state index is 12.9. The monoisotopic (exact) mass is 736 g/mol. The predicted octanol–water partition coefficient (Wildman–Crippen LogP) is 7.53. The van der Waals surface area contributed by atoms with E-state index in [4.69, 9.17) is 0 Å². The SMILES string of the molecule is CCCCCCc1ccc2[nH]c(=O)c(C(=O)c3ccccc3)c([O-])c2c1.CCCCCCc1ccc2[nH]c(=O)c(C(=O)c3ccccc3)c([O-])c2c1.[Ca+2]. The van der Waals surface area contributed by atoms with Crippen molar-refractivity contribution in [2.75, 3.05) is 0 Å². The number of pyridine rings is 2. The van der Waals surface area contributed by atoms with Crippen LogP contribution in [0.5, 0.6) is 11.5 Å². The molecule has 2 N–H and O–H groups in total. The molecule has 9 heteroatoms. The summed E-state index contributed by atoms with van der Waals surface area (Å²) in [5, 5.41) is 26.5. The molecule has 0 radical (unpaired) electrons. The van der Waals surface area contributed by atoms with E-state index in [0.717, 1.165) is 49.7 Å². The Balaban J connectivity index is 0.000000232. The van der Waals surface area contributed by atoms with Gasteiger partial charge in [-0.15, -0.1) is 0 Å². The molecule has 53 heavy (non-hydrogen) atoms. The molecule has 0 amide bonds. The number of ketones is 2. The van der Waals surface area contributed by atoms with Crippen LogP contribution in [0.15, 0.2) is 107 Å². The second-order valence-electron chi connectivity index (χ2n) is 13.1. The molecule has 6 rings (SSSR count). The Morgan fingerprint density at radius 1 is 0.528 bits per heavy atom. The first-order valence-corrected chi connectivity index (χ1v) is 18.1. The molecule has 0 aliphatic heterocycles. The van der Waals surface area contributed by atoms with Crippen LogP contribution < -0.4 is 21.3 Å². The van der Waals surface area contributed by atoms with Gasteiger partial charge in [-0.2, -0.15) is 0 Å². The Kier molecular flexibility index (Phi) is 15.6. The molecule has 0 fully saturated rings. The van der Waals surface area contributed by atoms with Crippen molar-refractivity contribution in [1.82, 2.24) is 9.97 Å². The van der Waals surface area contributed by atoms with Gasteiger partial charge >= 0.3 is 37.7 Å². The molecule has 0 aliphatic carbocycles. The second-order valence-corrected chi connectivity index (χ2v) is 13.1. The summed E-state index contributed by atoms with van der Waals surface area (Å²) in [6, 6.07) is 27.8. The van der Waals surface area contributed by atoms with Crippen molar-refractivity contribution in [3.63, 3.8) is 0 Å². The van der Waals surface area contributed by atoms with E-state index in [2.05, 4.69) is 23.8 Å². The Morgan fingerprint density at radius 2 is 0.906 bits per heavy atom. The Hall–Kier alpha value is -4.50. The van der Waals surface area contributed by atoms with E-state index in [9.17, 15) is 29.4 Å². The molecule has 0 saturated heterocycles. The van der Waals surface area contributed by atoms with Crippen molar-refractivity contribution in [3.05, 3.63) is 151 Å². The quantitative estimate of drug-likeness (QED) is 0.0672. The number of carbonyl (C=O) groups excluding carboxylic acids is 2. The molecule has 2 heterocycles. The number of benzene rings is 4.